The number of nitrogens with zero attached hydrogens (tertiary/aromatic N) is 2. The summed E-state index contributed by atoms with van der Waals surface area (Å²) in [7, 11) is 0. The third-order valence-corrected chi connectivity index (χ3v) is 6.82. The number of piperidine rings is 1. The zero-order valence-corrected chi connectivity index (χ0v) is 19.7. The highest BCUT2D eigenvalue weighted by molar-refractivity contribution is 5.77. The summed E-state index contributed by atoms with van der Waals surface area (Å²) in [6, 6.07) is 16.2. The highest BCUT2D eigenvalue weighted by Crippen LogP contribution is 2.19. The van der Waals surface area contributed by atoms with Crippen molar-refractivity contribution in [3.63, 3.8) is 0 Å². The number of rotatable bonds is 7. The van der Waals surface area contributed by atoms with Gasteiger partial charge in [0.25, 0.3) is 0 Å². The van der Waals surface area contributed by atoms with Gasteiger partial charge in [-0.25, -0.2) is 9.18 Å². The maximum Gasteiger partial charge on any atom is 0.315 e. The van der Waals surface area contributed by atoms with Gasteiger partial charge in [-0.05, 0) is 48.9 Å². The molecule has 2 aromatic carbocycles. The zero-order valence-electron chi connectivity index (χ0n) is 19.7. The normalized spacial score (nSPS) is 18.9. The molecular weight excluding hydrogens is 431 g/mol. The Morgan fingerprint density at radius 1 is 0.971 bits per heavy atom. The average Bonchev–Trinajstić information content (AvgIpc) is 3.06. The summed E-state index contributed by atoms with van der Waals surface area (Å²) in [6.45, 7) is 3.79. The number of benzene rings is 2. The molecule has 0 aromatic heterocycles. The molecule has 2 fully saturated rings. The Bertz CT molecular complexity index is 929. The predicted octanol–water partition coefficient (Wildman–Crippen LogP) is 4.23. The third kappa shape index (κ3) is 7.03. The lowest BCUT2D eigenvalue weighted by Crippen LogP contribution is -2.50. The van der Waals surface area contributed by atoms with Gasteiger partial charge in [0.05, 0.1) is 6.04 Å². The average molecular weight is 467 g/mol. The molecule has 4 rings (SSSR count). The van der Waals surface area contributed by atoms with Gasteiger partial charge in [-0.15, -0.1) is 0 Å². The first-order valence-corrected chi connectivity index (χ1v) is 12.4. The monoisotopic (exact) mass is 466 g/mol. The van der Waals surface area contributed by atoms with Gasteiger partial charge in [0, 0.05) is 45.2 Å². The number of hydrogen-bond donors (Lipinski definition) is 2. The van der Waals surface area contributed by atoms with Gasteiger partial charge in [-0.3, -0.25) is 9.69 Å². The molecule has 182 valence electrons. The number of carbonyl (C=O) groups excluding carboxylic acids is 2. The summed E-state index contributed by atoms with van der Waals surface area (Å²) in [5, 5.41) is 6.27. The lowest BCUT2D eigenvalue weighted by molar-refractivity contribution is -0.131. The quantitative estimate of drug-likeness (QED) is 0.642. The van der Waals surface area contributed by atoms with Crippen LogP contribution in [-0.4, -0.2) is 54.0 Å². The van der Waals surface area contributed by atoms with E-state index >= 15 is 0 Å². The van der Waals surface area contributed by atoms with Crippen molar-refractivity contribution in [3.05, 3.63) is 71.5 Å². The molecule has 2 N–H and O–H groups in total. The van der Waals surface area contributed by atoms with Crippen molar-refractivity contribution in [1.82, 2.24) is 20.4 Å². The van der Waals surface area contributed by atoms with Crippen LogP contribution in [0.15, 0.2) is 54.6 Å². The van der Waals surface area contributed by atoms with Crippen molar-refractivity contribution in [3.8, 4) is 0 Å². The van der Waals surface area contributed by atoms with E-state index < -0.39 is 0 Å². The Hall–Kier alpha value is -2.93. The van der Waals surface area contributed by atoms with Crippen molar-refractivity contribution in [2.45, 2.75) is 57.2 Å². The second-order valence-corrected chi connectivity index (χ2v) is 9.41. The van der Waals surface area contributed by atoms with Crippen molar-refractivity contribution >= 4 is 11.9 Å². The fraction of sp³-hybridized carbons (Fsp3) is 0.481. The molecule has 1 atom stereocenters. The molecule has 7 heteroatoms. The molecular formula is C27H35FN4O2. The maximum absolute atomic E-state index is 13.1. The Balaban J connectivity index is 1.29. The molecule has 6 nitrogen and oxygen atoms in total. The number of carbonyl (C=O) groups is 2. The molecule has 2 heterocycles. The van der Waals surface area contributed by atoms with Gasteiger partial charge in [0.2, 0.25) is 5.91 Å². The minimum Gasteiger partial charge on any atom is -0.340 e. The van der Waals surface area contributed by atoms with Gasteiger partial charge in [0.1, 0.15) is 5.82 Å². The van der Waals surface area contributed by atoms with Crippen molar-refractivity contribution < 1.29 is 14.0 Å². The van der Waals surface area contributed by atoms with E-state index in [0.29, 0.717) is 13.0 Å². The standard InChI is InChI=1S/C27H35FN4O2/c28-23-12-10-21(11-13-23)19-31-17-14-24(15-18-31)29-27(34)30-25(22-7-3-1-4-8-22)20-32-16-6-2-5-9-26(32)33/h1,3-4,7-8,10-13,24-25H,2,5-6,9,14-20H2,(H2,29,30,34). The van der Waals surface area contributed by atoms with Gasteiger partial charge < -0.3 is 15.5 Å². The van der Waals surface area contributed by atoms with Gasteiger partial charge in [-0.2, -0.15) is 0 Å². The Morgan fingerprint density at radius 2 is 1.71 bits per heavy atom. The summed E-state index contributed by atoms with van der Waals surface area (Å²) >= 11 is 0. The van der Waals surface area contributed by atoms with E-state index in [9.17, 15) is 14.0 Å². The van der Waals surface area contributed by atoms with E-state index in [1.807, 2.05) is 47.4 Å². The van der Waals surface area contributed by atoms with Crippen LogP contribution in [0.5, 0.6) is 0 Å². The molecule has 3 amide bonds. The highest BCUT2D eigenvalue weighted by Gasteiger charge is 2.25. The molecule has 0 bridgehead atoms. The smallest absolute Gasteiger partial charge is 0.315 e. The molecule has 0 radical (unpaired) electrons. The first-order valence-electron chi connectivity index (χ1n) is 12.4. The molecule has 2 aromatic rings. The highest BCUT2D eigenvalue weighted by atomic mass is 19.1. The van der Waals surface area contributed by atoms with Crippen LogP contribution in [0.2, 0.25) is 0 Å². The van der Waals surface area contributed by atoms with E-state index in [4.69, 9.17) is 0 Å². The van der Waals surface area contributed by atoms with Crippen molar-refractivity contribution in [2.75, 3.05) is 26.2 Å². The van der Waals surface area contributed by atoms with Crippen LogP contribution in [0.3, 0.4) is 0 Å². The number of hydrogen-bond acceptors (Lipinski definition) is 3. The first kappa shape index (κ1) is 24.2. The summed E-state index contributed by atoms with van der Waals surface area (Å²) in [6.07, 6.45) is 5.36. The Morgan fingerprint density at radius 3 is 2.44 bits per heavy atom. The second kappa shape index (κ2) is 12.0. The maximum atomic E-state index is 13.1. The minimum atomic E-state index is -0.248. The Labute approximate surface area is 201 Å². The summed E-state index contributed by atoms with van der Waals surface area (Å²) in [5.41, 5.74) is 2.10. The number of urea groups is 1. The fourth-order valence-corrected chi connectivity index (χ4v) is 4.84. The molecule has 0 aliphatic carbocycles. The van der Waals surface area contributed by atoms with Gasteiger partial charge >= 0.3 is 6.03 Å². The van der Waals surface area contributed by atoms with Crippen LogP contribution in [0.1, 0.15) is 55.7 Å². The minimum absolute atomic E-state index is 0.112. The molecule has 34 heavy (non-hydrogen) atoms. The number of amides is 3. The lowest BCUT2D eigenvalue weighted by Gasteiger charge is -2.33. The number of likely N-dealkylation sites (tertiary alicyclic amines) is 2. The van der Waals surface area contributed by atoms with Gasteiger partial charge in [-0.1, -0.05) is 48.9 Å². The lowest BCUT2D eigenvalue weighted by atomic mass is 10.0. The van der Waals surface area contributed by atoms with E-state index in [0.717, 1.165) is 69.4 Å². The molecule has 0 saturated carbocycles. The van der Waals surface area contributed by atoms with E-state index in [-0.39, 0.29) is 29.8 Å². The van der Waals surface area contributed by atoms with Crippen LogP contribution in [0.25, 0.3) is 0 Å². The summed E-state index contributed by atoms with van der Waals surface area (Å²) in [5.74, 6) is -0.0409. The van der Waals surface area contributed by atoms with Crippen LogP contribution in [0.4, 0.5) is 9.18 Å². The van der Waals surface area contributed by atoms with E-state index in [2.05, 4.69) is 15.5 Å². The molecule has 2 saturated heterocycles. The largest absolute Gasteiger partial charge is 0.340 e. The number of nitrogens with one attached hydrogen (secondary N) is 2. The van der Waals surface area contributed by atoms with Crippen LogP contribution >= 0.6 is 0 Å². The van der Waals surface area contributed by atoms with E-state index in [1.54, 1.807) is 0 Å². The molecule has 2 aliphatic rings. The third-order valence-electron chi connectivity index (χ3n) is 6.82. The van der Waals surface area contributed by atoms with Gasteiger partial charge in [0.15, 0.2) is 0 Å². The summed E-state index contributed by atoms with van der Waals surface area (Å²) < 4.78 is 13.1. The predicted molar refractivity (Wildman–Crippen MR) is 131 cm³/mol. The molecule has 0 spiro atoms. The van der Waals surface area contributed by atoms with Crippen LogP contribution < -0.4 is 10.6 Å². The Kier molecular flexibility index (Phi) is 8.52. The molecule has 1 unspecified atom stereocenters. The first-order chi connectivity index (χ1) is 16.6. The van der Waals surface area contributed by atoms with Crippen molar-refractivity contribution in [1.29, 1.82) is 0 Å². The SMILES string of the molecule is O=C(NC1CCN(Cc2ccc(F)cc2)CC1)NC(CN1CCCCCC1=O)c1ccccc1. The van der Waals surface area contributed by atoms with Crippen LogP contribution in [-0.2, 0) is 11.3 Å². The van der Waals surface area contributed by atoms with Crippen molar-refractivity contribution in [2.24, 2.45) is 0 Å². The molecule has 2 aliphatic heterocycles. The van der Waals surface area contributed by atoms with E-state index in [1.165, 1.54) is 12.1 Å². The topological polar surface area (TPSA) is 64.7 Å². The second-order valence-electron chi connectivity index (χ2n) is 9.41. The zero-order chi connectivity index (χ0) is 23.8. The summed E-state index contributed by atoms with van der Waals surface area (Å²) in [4.78, 5) is 29.7. The van der Waals surface area contributed by atoms with Crippen LogP contribution in [0, 0.1) is 5.82 Å². The fourth-order valence-electron chi connectivity index (χ4n) is 4.84. The number of halogens is 1.